The van der Waals surface area contributed by atoms with Crippen LogP contribution >= 0.6 is 24.0 Å². The quantitative estimate of drug-likeness (QED) is 0.299. The summed E-state index contributed by atoms with van der Waals surface area (Å²) in [7, 11) is -3.15. The third kappa shape index (κ3) is 8.26. The molecule has 0 aliphatic carbocycles. The Hall–Kier alpha value is -1.61. The molecule has 0 spiro atoms. The molecule has 0 bridgehead atoms. The predicted molar refractivity (Wildman–Crippen MR) is 137 cm³/mol. The number of sulfone groups is 1. The molecule has 7 heteroatoms. The molecular weight excluding hydrogens is 509 g/mol. The highest BCUT2D eigenvalue weighted by molar-refractivity contribution is 14.0. The van der Waals surface area contributed by atoms with Gasteiger partial charge < -0.3 is 10.6 Å². The van der Waals surface area contributed by atoms with Crippen LogP contribution in [0.3, 0.4) is 0 Å². The number of hydrogen-bond donors (Lipinski definition) is 2. The zero-order chi connectivity index (χ0) is 21.5. The molecule has 0 saturated carbocycles. The molecule has 0 aliphatic heterocycles. The molecule has 2 N–H and O–H groups in total. The Labute approximate surface area is 198 Å². The van der Waals surface area contributed by atoms with E-state index in [1.807, 2.05) is 19.1 Å². The predicted octanol–water partition coefficient (Wildman–Crippen LogP) is 4.09. The van der Waals surface area contributed by atoms with E-state index >= 15 is 0 Å². The molecule has 0 atom stereocenters. The van der Waals surface area contributed by atoms with E-state index in [1.54, 1.807) is 12.1 Å². The lowest BCUT2D eigenvalue weighted by molar-refractivity contribution is 0.537. The maximum Gasteiger partial charge on any atom is 0.191 e. The van der Waals surface area contributed by atoms with Gasteiger partial charge in [-0.05, 0) is 43.5 Å². The number of nitrogens with one attached hydrogen (secondary N) is 2. The van der Waals surface area contributed by atoms with Crippen molar-refractivity contribution in [3.8, 4) is 0 Å². The Morgan fingerprint density at radius 1 is 1.00 bits per heavy atom. The first-order valence-corrected chi connectivity index (χ1v) is 11.9. The van der Waals surface area contributed by atoms with Crippen molar-refractivity contribution in [2.75, 3.05) is 25.9 Å². The molecule has 0 aliphatic rings. The van der Waals surface area contributed by atoms with Crippen LogP contribution in [0.25, 0.3) is 0 Å². The van der Waals surface area contributed by atoms with Gasteiger partial charge in [0, 0.05) is 24.8 Å². The maximum atomic E-state index is 11.6. The summed E-state index contributed by atoms with van der Waals surface area (Å²) in [4.78, 5) is 5.13. The normalized spacial score (nSPS) is 12.2. The minimum atomic E-state index is -3.15. The number of nitrogens with zero attached hydrogens (tertiary/aromatic N) is 1. The van der Waals surface area contributed by atoms with Crippen molar-refractivity contribution in [2.45, 2.75) is 44.4 Å². The van der Waals surface area contributed by atoms with Gasteiger partial charge in [0.15, 0.2) is 15.8 Å². The third-order valence-corrected chi connectivity index (χ3v) is 6.00. The first kappa shape index (κ1) is 26.4. The fraction of sp³-hybridized carbons (Fsp3) is 0.435. The summed E-state index contributed by atoms with van der Waals surface area (Å²) in [5.74, 6) is 0.792. The van der Waals surface area contributed by atoms with E-state index in [0.717, 1.165) is 31.0 Å². The molecular formula is C23H34IN3O2S. The van der Waals surface area contributed by atoms with Crippen molar-refractivity contribution in [3.63, 3.8) is 0 Å². The van der Waals surface area contributed by atoms with Crippen molar-refractivity contribution < 1.29 is 8.42 Å². The summed E-state index contributed by atoms with van der Waals surface area (Å²) in [5, 5.41) is 6.66. The van der Waals surface area contributed by atoms with Crippen LogP contribution in [0.1, 0.15) is 37.5 Å². The van der Waals surface area contributed by atoms with Gasteiger partial charge in [0.05, 0.1) is 11.4 Å². The first-order chi connectivity index (χ1) is 13.6. The van der Waals surface area contributed by atoms with Gasteiger partial charge in [-0.15, -0.1) is 24.0 Å². The number of aryl methyl sites for hydroxylation is 1. The number of aliphatic imine (C=N–C) groups is 1. The minimum Gasteiger partial charge on any atom is -0.357 e. The lowest BCUT2D eigenvalue weighted by Crippen LogP contribution is -2.39. The second kappa shape index (κ2) is 11.7. The molecule has 0 fully saturated rings. The van der Waals surface area contributed by atoms with Crippen LogP contribution in [0.5, 0.6) is 0 Å². The fourth-order valence-corrected chi connectivity index (χ4v) is 3.57. The van der Waals surface area contributed by atoms with Crippen LogP contribution in [0, 0.1) is 6.92 Å². The van der Waals surface area contributed by atoms with Crippen molar-refractivity contribution >= 4 is 39.8 Å². The summed E-state index contributed by atoms with van der Waals surface area (Å²) in [6.07, 6.45) is 2.01. The Balaban J connectivity index is 0.00000450. The molecule has 0 unspecified atom stereocenters. The Morgan fingerprint density at radius 2 is 1.60 bits per heavy atom. The second-order valence-corrected chi connectivity index (χ2v) is 10.1. The first-order valence-electron chi connectivity index (χ1n) is 10.00. The van der Waals surface area contributed by atoms with Crippen molar-refractivity contribution in [3.05, 3.63) is 65.2 Å². The highest BCUT2D eigenvalue weighted by atomic mass is 127. The number of rotatable bonds is 8. The monoisotopic (exact) mass is 543 g/mol. The summed E-state index contributed by atoms with van der Waals surface area (Å²) in [5.41, 5.74) is 3.55. The fourth-order valence-electron chi connectivity index (χ4n) is 2.94. The summed E-state index contributed by atoms with van der Waals surface area (Å²) < 4.78 is 23.1. The Morgan fingerprint density at radius 3 is 2.13 bits per heavy atom. The third-order valence-electron chi connectivity index (χ3n) is 4.87. The lowest BCUT2D eigenvalue weighted by atomic mass is 9.84. The van der Waals surface area contributed by atoms with Gasteiger partial charge >= 0.3 is 0 Å². The summed E-state index contributed by atoms with van der Waals surface area (Å²) in [6, 6.07) is 15.7. The molecule has 0 heterocycles. The standard InChI is InChI=1S/C23H33N3O2S.HI/c1-6-24-22(26-17-23(3,4)20-11-7-18(2)8-12-20)25-16-15-19-9-13-21(14-10-19)29(5,27)28;/h7-14H,6,15-17H2,1-5H3,(H2,24,25,26);1H. The number of guanidine groups is 1. The van der Waals surface area contributed by atoms with E-state index in [2.05, 4.69) is 55.7 Å². The van der Waals surface area contributed by atoms with Gasteiger partial charge in [-0.2, -0.15) is 0 Å². The van der Waals surface area contributed by atoms with Gasteiger partial charge in [0.25, 0.3) is 0 Å². The zero-order valence-electron chi connectivity index (χ0n) is 18.5. The van der Waals surface area contributed by atoms with Crippen LogP contribution < -0.4 is 10.6 Å². The van der Waals surface area contributed by atoms with Gasteiger partial charge in [-0.3, -0.25) is 4.99 Å². The van der Waals surface area contributed by atoms with E-state index < -0.39 is 9.84 Å². The van der Waals surface area contributed by atoms with Crippen LogP contribution in [0.4, 0.5) is 0 Å². The Bertz CT molecular complexity index is 922. The largest absolute Gasteiger partial charge is 0.357 e. The highest BCUT2D eigenvalue weighted by Crippen LogP contribution is 2.23. The van der Waals surface area contributed by atoms with Crippen molar-refractivity contribution in [1.29, 1.82) is 0 Å². The van der Waals surface area contributed by atoms with Gasteiger partial charge in [0.2, 0.25) is 0 Å². The lowest BCUT2D eigenvalue weighted by Gasteiger charge is -2.24. The van der Waals surface area contributed by atoms with Crippen LogP contribution in [0.2, 0.25) is 0 Å². The molecule has 5 nitrogen and oxygen atoms in total. The Kier molecular flexibility index (Phi) is 10.3. The second-order valence-electron chi connectivity index (χ2n) is 8.04. The van der Waals surface area contributed by atoms with E-state index in [-0.39, 0.29) is 29.4 Å². The minimum absolute atomic E-state index is 0. The molecule has 166 valence electrons. The highest BCUT2D eigenvalue weighted by Gasteiger charge is 2.20. The van der Waals surface area contributed by atoms with Crippen molar-refractivity contribution in [2.24, 2.45) is 4.99 Å². The van der Waals surface area contributed by atoms with Crippen LogP contribution in [-0.4, -0.2) is 40.3 Å². The van der Waals surface area contributed by atoms with Crippen LogP contribution in [0.15, 0.2) is 58.4 Å². The van der Waals surface area contributed by atoms with Gasteiger partial charge in [-0.25, -0.2) is 8.42 Å². The SMILES string of the molecule is CCNC(=NCC(C)(C)c1ccc(C)cc1)NCCc1ccc(S(C)(=O)=O)cc1.I. The maximum absolute atomic E-state index is 11.6. The van der Waals surface area contributed by atoms with Gasteiger partial charge in [0.1, 0.15) is 0 Å². The van der Waals surface area contributed by atoms with E-state index in [1.165, 1.54) is 17.4 Å². The zero-order valence-corrected chi connectivity index (χ0v) is 21.7. The average molecular weight is 544 g/mol. The van der Waals surface area contributed by atoms with E-state index in [4.69, 9.17) is 4.99 Å². The molecule has 0 saturated heterocycles. The summed E-state index contributed by atoms with van der Waals surface area (Å²) >= 11 is 0. The molecule has 2 rings (SSSR count). The molecule has 0 amide bonds. The number of halogens is 1. The number of benzene rings is 2. The van der Waals surface area contributed by atoms with E-state index in [0.29, 0.717) is 11.4 Å². The molecule has 0 radical (unpaired) electrons. The molecule has 2 aromatic carbocycles. The average Bonchev–Trinajstić information content (AvgIpc) is 2.66. The van der Waals surface area contributed by atoms with Gasteiger partial charge in [-0.1, -0.05) is 55.8 Å². The van der Waals surface area contributed by atoms with Crippen LogP contribution in [-0.2, 0) is 21.7 Å². The topological polar surface area (TPSA) is 70.6 Å². The summed E-state index contributed by atoms with van der Waals surface area (Å²) in [6.45, 7) is 10.7. The smallest absolute Gasteiger partial charge is 0.191 e. The number of hydrogen-bond acceptors (Lipinski definition) is 3. The van der Waals surface area contributed by atoms with Crippen molar-refractivity contribution in [1.82, 2.24) is 10.6 Å². The molecule has 0 aromatic heterocycles. The molecule has 2 aromatic rings. The molecule has 30 heavy (non-hydrogen) atoms. The van der Waals surface area contributed by atoms with E-state index in [9.17, 15) is 8.42 Å².